The second kappa shape index (κ2) is 7.63. The number of likely N-dealkylation sites (N-methyl/N-ethyl adjacent to an activating group) is 1. The van der Waals surface area contributed by atoms with Crippen molar-refractivity contribution >= 4 is 5.91 Å². The van der Waals surface area contributed by atoms with E-state index in [1.807, 2.05) is 20.9 Å². The van der Waals surface area contributed by atoms with Crippen LogP contribution < -0.4 is 11.1 Å². The van der Waals surface area contributed by atoms with Crippen molar-refractivity contribution < 1.29 is 4.79 Å². The van der Waals surface area contributed by atoms with Crippen molar-refractivity contribution in [3.8, 4) is 0 Å². The average molecular weight is 229 g/mol. The highest BCUT2D eigenvalue weighted by molar-refractivity contribution is 5.81. The van der Waals surface area contributed by atoms with E-state index in [1.54, 1.807) is 4.90 Å². The highest BCUT2D eigenvalue weighted by atomic mass is 16.2. The molecule has 0 radical (unpaired) electrons. The van der Waals surface area contributed by atoms with Gasteiger partial charge in [-0.05, 0) is 32.2 Å². The SMILES string of the molecule is CCN(C)C(=O)C(C)NCC(CN)C(C)C. The zero-order valence-corrected chi connectivity index (χ0v) is 11.3. The minimum Gasteiger partial charge on any atom is -0.345 e. The summed E-state index contributed by atoms with van der Waals surface area (Å²) in [5.74, 6) is 1.12. The lowest BCUT2D eigenvalue weighted by Gasteiger charge is -2.24. The first-order chi connectivity index (χ1) is 7.43. The number of nitrogens with one attached hydrogen (secondary N) is 1. The molecule has 0 aromatic heterocycles. The standard InChI is InChI=1S/C12H27N3O/c1-6-15(5)12(16)10(4)14-8-11(7-13)9(2)3/h9-11,14H,6-8,13H2,1-5H3. The van der Waals surface area contributed by atoms with Crippen molar-refractivity contribution in [2.24, 2.45) is 17.6 Å². The summed E-state index contributed by atoms with van der Waals surface area (Å²) in [4.78, 5) is 13.5. The monoisotopic (exact) mass is 229 g/mol. The predicted octanol–water partition coefficient (Wildman–Crippen LogP) is 0.674. The van der Waals surface area contributed by atoms with Crippen molar-refractivity contribution in [3.63, 3.8) is 0 Å². The van der Waals surface area contributed by atoms with E-state index in [2.05, 4.69) is 19.2 Å². The second-order valence-corrected chi connectivity index (χ2v) is 4.72. The van der Waals surface area contributed by atoms with Gasteiger partial charge in [0.05, 0.1) is 6.04 Å². The number of amides is 1. The van der Waals surface area contributed by atoms with E-state index >= 15 is 0 Å². The molecule has 0 saturated heterocycles. The normalized spacial score (nSPS) is 14.9. The maximum atomic E-state index is 11.8. The van der Waals surface area contributed by atoms with E-state index in [-0.39, 0.29) is 11.9 Å². The smallest absolute Gasteiger partial charge is 0.239 e. The van der Waals surface area contributed by atoms with E-state index in [0.29, 0.717) is 18.4 Å². The first kappa shape index (κ1) is 15.4. The average Bonchev–Trinajstić information content (AvgIpc) is 2.26. The van der Waals surface area contributed by atoms with Gasteiger partial charge in [-0.2, -0.15) is 0 Å². The molecule has 4 heteroatoms. The van der Waals surface area contributed by atoms with E-state index in [9.17, 15) is 4.79 Å². The summed E-state index contributed by atoms with van der Waals surface area (Å²) in [5, 5.41) is 3.26. The number of nitrogens with two attached hydrogens (primary N) is 1. The molecule has 4 nitrogen and oxygen atoms in total. The Kier molecular flexibility index (Phi) is 7.34. The molecule has 2 atom stereocenters. The van der Waals surface area contributed by atoms with Crippen LogP contribution in [0.5, 0.6) is 0 Å². The molecular formula is C12H27N3O. The summed E-state index contributed by atoms with van der Waals surface area (Å²) in [6.45, 7) is 10.4. The van der Waals surface area contributed by atoms with Crippen molar-refractivity contribution in [2.45, 2.75) is 33.7 Å². The lowest BCUT2D eigenvalue weighted by Crippen LogP contribution is -2.45. The molecule has 2 unspecified atom stereocenters. The zero-order chi connectivity index (χ0) is 12.7. The molecule has 0 aliphatic carbocycles. The molecule has 16 heavy (non-hydrogen) atoms. The van der Waals surface area contributed by atoms with Crippen LogP contribution in [-0.4, -0.2) is 43.5 Å². The van der Waals surface area contributed by atoms with Crippen LogP contribution in [0.2, 0.25) is 0 Å². The topological polar surface area (TPSA) is 58.4 Å². The molecule has 0 saturated carbocycles. The molecule has 0 bridgehead atoms. The molecule has 3 N–H and O–H groups in total. The van der Waals surface area contributed by atoms with E-state index in [0.717, 1.165) is 13.1 Å². The Balaban J connectivity index is 4.05. The zero-order valence-electron chi connectivity index (χ0n) is 11.3. The molecule has 1 amide bonds. The van der Waals surface area contributed by atoms with Crippen molar-refractivity contribution in [1.82, 2.24) is 10.2 Å². The Labute approximate surface area is 99.6 Å². The number of hydrogen-bond donors (Lipinski definition) is 2. The maximum Gasteiger partial charge on any atom is 0.239 e. The van der Waals surface area contributed by atoms with Crippen LogP contribution in [0.1, 0.15) is 27.7 Å². The number of hydrogen-bond acceptors (Lipinski definition) is 3. The Morgan fingerprint density at radius 1 is 1.38 bits per heavy atom. The summed E-state index contributed by atoms with van der Waals surface area (Å²) in [5.41, 5.74) is 5.69. The minimum atomic E-state index is -0.127. The summed E-state index contributed by atoms with van der Waals surface area (Å²) < 4.78 is 0. The van der Waals surface area contributed by atoms with Gasteiger partial charge in [0.1, 0.15) is 0 Å². The largest absolute Gasteiger partial charge is 0.345 e. The summed E-state index contributed by atoms with van der Waals surface area (Å²) in [6.07, 6.45) is 0. The van der Waals surface area contributed by atoms with Gasteiger partial charge in [-0.1, -0.05) is 13.8 Å². The number of carbonyl (C=O) groups is 1. The minimum absolute atomic E-state index is 0.127. The van der Waals surface area contributed by atoms with Crippen molar-refractivity contribution in [3.05, 3.63) is 0 Å². The summed E-state index contributed by atoms with van der Waals surface area (Å²) in [6, 6.07) is -0.127. The Morgan fingerprint density at radius 3 is 2.31 bits per heavy atom. The number of nitrogens with zero attached hydrogens (tertiary/aromatic N) is 1. The highest BCUT2D eigenvalue weighted by Crippen LogP contribution is 2.07. The molecule has 0 aliphatic heterocycles. The van der Waals surface area contributed by atoms with Gasteiger partial charge in [0.2, 0.25) is 5.91 Å². The molecule has 0 rings (SSSR count). The molecule has 0 aromatic rings. The summed E-state index contributed by atoms with van der Waals surface area (Å²) in [7, 11) is 1.82. The van der Waals surface area contributed by atoms with Crippen molar-refractivity contribution in [2.75, 3.05) is 26.7 Å². The van der Waals surface area contributed by atoms with E-state index in [4.69, 9.17) is 5.73 Å². The van der Waals surface area contributed by atoms with Gasteiger partial charge >= 0.3 is 0 Å². The fourth-order valence-corrected chi connectivity index (χ4v) is 1.49. The highest BCUT2D eigenvalue weighted by Gasteiger charge is 2.18. The Bertz CT molecular complexity index is 206. The van der Waals surface area contributed by atoms with E-state index < -0.39 is 0 Å². The third kappa shape index (κ3) is 4.94. The molecule has 96 valence electrons. The lowest BCUT2D eigenvalue weighted by atomic mass is 9.96. The van der Waals surface area contributed by atoms with Gasteiger partial charge in [0, 0.05) is 20.1 Å². The van der Waals surface area contributed by atoms with Crippen LogP contribution >= 0.6 is 0 Å². The van der Waals surface area contributed by atoms with Crippen LogP contribution in [0.25, 0.3) is 0 Å². The number of rotatable bonds is 7. The third-order valence-corrected chi connectivity index (χ3v) is 3.15. The van der Waals surface area contributed by atoms with E-state index in [1.165, 1.54) is 0 Å². The van der Waals surface area contributed by atoms with Gasteiger partial charge < -0.3 is 16.0 Å². The van der Waals surface area contributed by atoms with Gasteiger partial charge in [-0.15, -0.1) is 0 Å². The van der Waals surface area contributed by atoms with Gasteiger partial charge in [-0.25, -0.2) is 0 Å². The van der Waals surface area contributed by atoms with Gasteiger partial charge in [0.25, 0.3) is 0 Å². The van der Waals surface area contributed by atoms with Crippen LogP contribution in [0.15, 0.2) is 0 Å². The van der Waals surface area contributed by atoms with Crippen LogP contribution in [-0.2, 0) is 4.79 Å². The van der Waals surface area contributed by atoms with Gasteiger partial charge in [-0.3, -0.25) is 4.79 Å². The quantitative estimate of drug-likeness (QED) is 0.675. The molecule has 0 fully saturated rings. The molecule has 0 heterocycles. The fourth-order valence-electron chi connectivity index (χ4n) is 1.49. The van der Waals surface area contributed by atoms with Crippen LogP contribution in [0, 0.1) is 11.8 Å². The second-order valence-electron chi connectivity index (χ2n) is 4.72. The maximum absolute atomic E-state index is 11.8. The first-order valence-corrected chi connectivity index (χ1v) is 6.12. The Morgan fingerprint density at radius 2 is 1.94 bits per heavy atom. The predicted molar refractivity (Wildman–Crippen MR) is 68.2 cm³/mol. The van der Waals surface area contributed by atoms with Crippen LogP contribution in [0.4, 0.5) is 0 Å². The molecule has 0 aromatic carbocycles. The summed E-state index contributed by atoms with van der Waals surface area (Å²) >= 11 is 0. The molecule has 0 spiro atoms. The number of carbonyl (C=O) groups excluding carboxylic acids is 1. The first-order valence-electron chi connectivity index (χ1n) is 6.12. The Hall–Kier alpha value is -0.610. The third-order valence-electron chi connectivity index (χ3n) is 3.15. The fraction of sp³-hybridized carbons (Fsp3) is 0.917. The van der Waals surface area contributed by atoms with Crippen LogP contribution in [0.3, 0.4) is 0 Å². The van der Waals surface area contributed by atoms with Crippen molar-refractivity contribution in [1.29, 1.82) is 0 Å². The molecule has 0 aliphatic rings. The van der Waals surface area contributed by atoms with Gasteiger partial charge in [0.15, 0.2) is 0 Å². The lowest BCUT2D eigenvalue weighted by molar-refractivity contribution is -0.131. The molecular weight excluding hydrogens is 202 g/mol.